The van der Waals surface area contributed by atoms with Gasteiger partial charge in [-0.05, 0) is 24.3 Å². The monoisotopic (exact) mass is 205 g/mol. The molecular weight excluding hydrogens is 182 g/mol. The van der Waals surface area contributed by atoms with E-state index < -0.39 is 0 Å². The van der Waals surface area contributed by atoms with Crippen molar-refractivity contribution < 1.29 is 0 Å². The Morgan fingerprint density at radius 2 is 1.80 bits per heavy atom. The summed E-state index contributed by atoms with van der Waals surface area (Å²) in [7, 11) is 0. The molecule has 0 radical (unpaired) electrons. The molecule has 1 nitrogen and oxygen atoms in total. The number of allylic oxidation sites excluding steroid dienone is 3. The van der Waals surface area contributed by atoms with Crippen LogP contribution in [-0.4, -0.2) is 6.21 Å². The lowest BCUT2D eigenvalue weighted by molar-refractivity contribution is 0.512. The van der Waals surface area contributed by atoms with Crippen molar-refractivity contribution in [2.24, 2.45) is 10.9 Å². The number of aliphatic imine (C=N–C) groups is 1. The lowest BCUT2D eigenvalue weighted by Crippen LogP contribution is -2.01. The second-order valence-corrected chi connectivity index (χ2v) is 3.64. The van der Waals surface area contributed by atoms with Crippen LogP contribution in [0.5, 0.6) is 0 Å². The maximum absolute atomic E-state index is 4.17. The van der Waals surface area contributed by atoms with Gasteiger partial charge in [0.1, 0.15) is 0 Å². The summed E-state index contributed by atoms with van der Waals surface area (Å²) in [5.41, 5.74) is 1.25. The normalized spacial score (nSPS) is 12.3. The summed E-state index contributed by atoms with van der Waals surface area (Å²) in [4.78, 5) is 4.17. The smallest absolute Gasteiger partial charge is 0.0302 e. The Morgan fingerprint density at radius 3 is 2.20 bits per heavy atom. The summed E-state index contributed by atoms with van der Waals surface area (Å²) in [5.74, 6) is 0.611. The Hall–Kier alpha value is -1.11. The van der Waals surface area contributed by atoms with E-state index in [1.165, 1.54) is 31.3 Å². The van der Waals surface area contributed by atoms with E-state index in [-0.39, 0.29) is 0 Å². The zero-order valence-corrected chi connectivity index (χ0v) is 10.1. The molecule has 0 saturated carbocycles. The number of hydrogen-bond acceptors (Lipinski definition) is 1. The van der Waals surface area contributed by atoms with Gasteiger partial charge in [-0.1, -0.05) is 52.0 Å². The summed E-state index contributed by atoms with van der Waals surface area (Å²) in [6.07, 6.45) is 12.1. The summed E-state index contributed by atoms with van der Waals surface area (Å²) in [6, 6.07) is 0. The van der Waals surface area contributed by atoms with Crippen molar-refractivity contribution in [3.8, 4) is 0 Å². The third-order valence-electron chi connectivity index (χ3n) is 2.40. The van der Waals surface area contributed by atoms with Crippen LogP contribution in [0.25, 0.3) is 0 Å². The van der Waals surface area contributed by atoms with Crippen LogP contribution in [0.4, 0.5) is 0 Å². The van der Waals surface area contributed by atoms with E-state index in [0.717, 1.165) is 0 Å². The van der Waals surface area contributed by atoms with Crippen LogP contribution in [-0.2, 0) is 0 Å². The van der Waals surface area contributed by atoms with E-state index in [1.54, 1.807) is 12.3 Å². The van der Waals surface area contributed by atoms with Crippen LogP contribution in [0, 0.1) is 5.92 Å². The topological polar surface area (TPSA) is 12.4 Å². The van der Waals surface area contributed by atoms with Crippen molar-refractivity contribution in [3.63, 3.8) is 0 Å². The minimum Gasteiger partial charge on any atom is -0.264 e. The highest BCUT2D eigenvalue weighted by atomic mass is 14.7. The van der Waals surface area contributed by atoms with Gasteiger partial charge >= 0.3 is 0 Å². The van der Waals surface area contributed by atoms with Crippen molar-refractivity contribution in [3.05, 3.63) is 37.1 Å². The summed E-state index contributed by atoms with van der Waals surface area (Å²) >= 11 is 0. The molecule has 84 valence electrons. The maximum Gasteiger partial charge on any atom is 0.0302 e. The van der Waals surface area contributed by atoms with Crippen molar-refractivity contribution in [1.29, 1.82) is 0 Å². The quantitative estimate of drug-likeness (QED) is 0.408. The Morgan fingerprint density at radius 1 is 1.20 bits per heavy atom. The van der Waals surface area contributed by atoms with E-state index in [1.807, 2.05) is 12.3 Å². The van der Waals surface area contributed by atoms with Gasteiger partial charge in [-0.3, -0.25) is 4.99 Å². The van der Waals surface area contributed by atoms with Crippen molar-refractivity contribution in [1.82, 2.24) is 0 Å². The fourth-order valence-corrected chi connectivity index (χ4v) is 1.69. The van der Waals surface area contributed by atoms with Crippen molar-refractivity contribution >= 4 is 6.21 Å². The third kappa shape index (κ3) is 6.05. The Kier molecular flexibility index (Phi) is 8.75. The van der Waals surface area contributed by atoms with E-state index in [9.17, 15) is 0 Å². The lowest BCUT2D eigenvalue weighted by Gasteiger charge is -2.15. The van der Waals surface area contributed by atoms with Gasteiger partial charge in [-0.2, -0.15) is 0 Å². The number of nitrogens with zero attached hydrogens (tertiary/aromatic N) is 1. The molecule has 0 aliphatic heterocycles. The maximum atomic E-state index is 4.17. The van der Waals surface area contributed by atoms with Crippen molar-refractivity contribution in [2.45, 2.75) is 39.5 Å². The minimum atomic E-state index is 0.611. The minimum absolute atomic E-state index is 0.611. The standard InChI is InChI=1S/C14H23N/c1-5-9-14(10-6-2)13(8-4)12-15-11-7-3/h7-8,11-12,14H,3-6,9-10H2,1-2H3/b13-12+,15-11?. The lowest BCUT2D eigenvalue weighted by atomic mass is 9.91. The predicted molar refractivity (Wildman–Crippen MR) is 70.3 cm³/mol. The van der Waals surface area contributed by atoms with Crippen LogP contribution in [0.1, 0.15) is 39.5 Å². The van der Waals surface area contributed by atoms with E-state index in [2.05, 4.69) is 32.0 Å². The van der Waals surface area contributed by atoms with Crippen LogP contribution in [0.15, 0.2) is 42.1 Å². The third-order valence-corrected chi connectivity index (χ3v) is 2.40. The SMILES string of the molecule is C=CC=N/C=C(\C=C)C(CCC)CCC. The molecule has 15 heavy (non-hydrogen) atoms. The first-order valence-corrected chi connectivity index (χ1v) is 5.76. The zero-order valence-electron chi connectivity index (χ0n) is 10.1. The second-order valence-electron chi connectivity index (χ2n) is 3.64. The molecule has 0 spiro atoms. The zero-order chi connectivity index (χ0) is 11.5. The molecule has 0 N–H and O–H groups in total. The molecule has 0 aliphatic rings. The molecule has 0 aliphatic carbocycles. The van der Waals surface area contributed by atoms with Crippen LogP contribution in [0.2, 0.25) is 0 Å². The van der Waals surface area contributed by atoms with Gasteiger partial charge in [-0.25, -0.2) is 0 Å². The van der Waals surface area contributed by atoms with Gasteiger partial charge in [0.25, 0.3) is 0 Å². The highest BCUT2D eigenvalue weighted by Crippen LogP contribution is 2.23. The van der Waals surface area contributed by atoms with Crippen LogP contribution in [0.3, 0.4) is 0 Å². The van der Waals surface area contributed by atoms with Gasteiger partial charge in [0, 0.05) is 12.4 Å². The van der Waals surface area contributed by atoms with Crippen LogP contribution >= 0.6 is 0 Å². The largest absolute Gasteiger partial charge is 0.264 e. The summed E-state index contributed by atoms with van der Waals surface area (Å²) < 4.78 is 0. The Labute approximate surface area is 94.3 Å². The van der Waals surface area contributed by atoms with Gasteiger partial charge < -0.3 is 0 Å². The molecule has 0 bridgehead atoms. The first-order valence-electron chi connectivity index (χ1n) is 5.76. The number of rotatable bonds is 8. The van der Waals surface area contributed by atoms with E-state index in [4.69, 9.17) is 0 Å². The van der Waals surface area contributed by atoms with Crippen molar-refractivity contribution in [2.75, 3.05) is 0 Å². The first kappa shape index (κ1) is 13.9. The molecule has 0 amide bonds. The molecule has 0 rings (SSSR count). The molecule has 0 fully saturated rings. The highest BCUT2D eigenvalue weighted by molar-refractivity contribution is 5.70. The molecule has 0 aromatic rings. The molecule has 0 unspecified atom stereocenters. The average Bonchev–Trinajstić information content (AvgIpc) is 2.24. The van der Waals surface area contributed by atoms with E-state index in [0.29, 0.717) is 5.92 Å². The first-order chi connectivity index (χ1) is 7.29. The molecule has 0 atom stereocenters. The molecule has 0 aromatic carbocycles. The second kappa shape index (κ2) is 9.45. The van der Waals surface area contributed by atoms with Gasteiger partial charge in [0.2, 0.25) is 0 Å². The van der Waals surface area contributed by atoms with Gasteiger partial charge in [0.15, 0.2) is 0 Å². The molecule has 0 saturated heterocycles. The van der Waals surface area contributed by atoms with Gasteiger partial charge in [-0.15, -0.1) is 0 Å². The fraction of sp³-hybridized carbons (Fsp3) is 0.500. The molecule has 1 heteroatoms. The average molecular weight is 205 g/mol. The van der Waals surface area contributed by atoms with E-state index >= 15 is 0 Å². The molecule has 0 heterocycles. The fourth-order valence-electron chi connectivity index (χ4n) is 1.69. The number of hydrogen-bond donors (Lipinski definition) is 0. The predicted octanol–water partition coefficient (Wildman–Crippen LogP) is 4.53. The molecule has 0 aromatic heterocycles. The summed E-state index contributed by atoms with van der Waals surface area (Å²) in [5, 5.41) is 0. The Balaban J connectivity index is 4.55. The molecular formula is C14H23N. The van der Waals surface area contributed by atoms with Crippen LogP contribution < -0.4 is 0 Å². The Bertz CT molecular complexity index is 230. The van der Waals surface area contributed by atoms with Gasteiger partial charge in [0.05, 0.1) is 0 Å². The summed E-state index contributed by atoms with van der Waals surface area (Å²) in [6.45, 7) is 11.9. The highest BCUT2D eigenvalue weighted by Gasteiger charge is 2.09.